The first-order chi connectivity index (χ1) is 8.77. The molecule has 0 spiro atoms. The molecule has 2 nitrogen and oxygen atoms in total. The van der Waals surface area contributed by atoms with Crippen molar-refractivity contribution >= 4 is 15.9 Å². The highest BCUT2D eigenvalue weighted by Gasteiger charge is 2.25. The Balaban J connectivity index is 2.83. The molecule has 19 heavy (non-hydrogen) atoms. The van der Waals surface area contributed by atoms with Crippen LogP contribution in [0.4, 0.5) is 4.39 Å². The molecule has 1 aromatic carbocycles. The summed E-state index contributed by atoms with van der Waals surface area (Å²) in [4.78, 5) is 0. The summed E-state index contributed by atoms with van der Waals surface area (Å²) in [5.41, 5.74) is 6.19. The SMILES string of the molecule is CC(C)C(CN)NCC(C)(C)c1cc(Br)ccc1F. The molecule has 108 valence electrons. The van der Waals surface area contributed by atoms with Gasteiger partial charge in [0.25, 0.3) is 0 Å². The molecule has 0 bridgehead atoms. The molecule has 1 unspecified atom stereocenters. The van der Waals surface area contributed by atoms with E-state index in [1.54, 1.807) is 6.07 Å². The van der Waals surface area contributed by atoms with Crippen LogP contribution < -0.4 is 11.1 Å². The van der Waals surface area contributed by atoms with Gasteiger partial charge in [-0.25, -0.2) is 4.39 Å². The highest BCUT2D eigenvalue weighted by Crippen LogP contribution is 2.28. The number of benzene rings is 1. The van der Waals surface area contributed by atoms with Gasteiger partial charge >= 0.3 is 0 Å². The Kier molecular flexibility index (Phi) is 5.96. The largest absolute Gasteiger partial charge is 0.329 e. The van der Waals surface area contributed by atoms with Crippen LogP contribution in [0.2, 0.25) is 0 Å². The Morgan fingerprint density at radius 3 is 2.53 bits per heavy atom. The molecule has 1 atom stereocenters. The van der Waals surface area contributed by atoms with Gasteiger partial charge in [0.15, 0.2) is 0 Å². The van der Waals surface area contributed by atoms with Gasteiger partial charge in [-0.3, -0.25) is 0 Å². The monoisotopic (exact) mass is 330 g/mol. The fraction of sp³-hybridized carbons (Fsp3) is 0.600. The lowest BCUT2D eigenvalue weighted by atomic mass is 9.83. The third-order valence-electron chi connectivity index (χ3n) is 3.52. The van der Waals surface area contributed by atoms with Gasteiger partial charge in [0, 0.05) is 29.0 Å². The molecular formula is C15H24BrFN2. The van der Waals surface area contributed by atoms with Crippen LogP contribution in [0.1, 0.15) is 33.3 Å². The van der Waals surface area contributed by atoms with Crippen LogP contribution in [-0.4, -0.2) is 19.1 Å². The van der Waals surface area contributed by atoms with Crippen LogP contribution in [0.25, 0.3) is 0 Å². The Hall–Kier alpha value is -0.450. The van der Waals surface area contributed by atoms with Crippen molar-refractivity contribution in [2.24, 2.45) is 11.7 Å². The molecule has 0 radical (unpaired) electrons. The molecule has 1 rings (SSSR count). The number of rotatable bonds is 6. The first-order valence-corrected chi connectivity index (χ1v) is 7.46. The lowest BCUT2D eigenvalue weighted by molar-refractivity contribution is 0.354. The highest BCUT2D eigenvalue weighted by molar-refractivity contribution is 9.10. The van der Waals surface area contributed by atoms with Gasteiger partial charge in [-0.1, -0.05) is 43.6 Å². The van der Waals surface area contributed by atoms with E-state index in [0.29, 0.717) is 24.6 Å². The molecular weight excluding hydrogens is 307 g/mol. The Bertz CT molecular complexity index is 419. The van der Waals surface area contributed by atoms with Crippen molar-refractivity contribution in [3.63, 3.8) is 0 Å². The summed E-state index contributed by atoms with van der Waals surface area (Å²) in [5.74, 6) is 0.303. The summed E-state index contributed by atoms with van der Waals surface area (Å²) in [6.45, 7) is 9.64. The Morgan fingerprint density at radius 1 is 1.37 bits per heavy atom. The van der Waals surface area contributed by atoms with Crippen LogP contribution in [0, 0.1) is 11.7 Å². The minimum Gasteiger partial charge on any atom is -0.329 e. The van der Waals surface area contributed by atoms with Crippen molar-refractivity contribution in [1.29, 1.82) is 0 Å². The van der Waals surface area contributed by atoms with Crippen LogP contribution >= 0.6 is 15.9 Å². The topological polar surface area (TPSA) is 38.0 Å². The van der Waals surface area contributed by atoms with E-state index in [4.69, 9.17) is 5.73 Å². The summed E-state index contributed by atoms with van der Waals surface area (Å²) in [7, 11) is 0. The average Bonchev–Trinajstić information content (AvgIpc) is 2.32. The number of hydrogen-bond donors (Lipinski definition) is 2. The molecule has 0 aliphatic heterocycles. The molecule has 0 heterocycles. The zero-order valence-corrected chi connectivity index (χ0v) is 13.7. The van der Waals surface area contributed by atoms with Crippen molar-refractivity contribution in [3.05, 3.63) is 34.1 Å². The summed E-state index contributed by atoms with van der Waals surface area (Å²) in [5, 5.41) is 3.45. The molecule has 0 saturated heterocycles. The first kappa shape index (κ1) is 16.6. The maximum absolute atomic E-state index is 14.0. The second-order valence-corrected chi connectivity index (χ2v) is 6.89. The van der Waals surface area contributed by atoms with E-state index >= 15 is 0 Å². The van der Waals surface area contributed by atoms with Crippen molar-refractivity contribution in [2.45, 2.75) is 39.2 Å². The molecule has 3 N–H and O–H groups in total. The lowest BCUT2D eigenvalue weighted by Crippen LogP contribution is -2.45. The van der Waals surface area contributed by atoms with E-state index in [2.05, 4.69) is 35.1 Å². The summed E-state index contributed by atoms with van der Waals surface area (Å²) in [6.07, 6.45) is 0. The van der Waals surface area contributed by atoms with Crippen LogP contribution in [0.3, 0.4) is 0 Å². The molecule has 4 heteroatoms. The minimum atomic E-state index is -0.282. The van der Waals surface area contributed by atoms with Crippen molar-refractivity contribution in [2.75, 3.05) is 13.1 Å². The number of nitrogens with two attached hydrogens (primary N) is 1. The average molecular weight is 331 g/mol. The maximum Gasteiger partial charge on any atom is 0.127 e. The molecule has 0 aliphatic rings. The highest BCUT2D eigenvalue weighted by atomic mass is 79.9. The summed E-state index contributed by atoms with van der Waals surface area (Å²) >= 11 is 3.40. The Labute approximate surface area is 124 Å². The number of halogens is 2. The van der Waals surface area contributed by atoms with Gasteiger partial charge < -0.3 is 11.1 Å². The van der Waals surface area contributed by atoms with Gasteiger partial charge in [0.05, 0.1) is 0 Å². The van der Waals surface area contributed by atoms with Crippen LogP contribution in [0.5, 0.6) is 0 Å². The van der Waals surface area contributed by atoms with E-state index in [1.165, 1.54) is 6.07 Å². The van der Waals surface area contributed by atoms with Gasteiger partial charge in [-0.15, -0.1) is 0 Å². The van der Waals surface area contributed by atoms with Crippen LogP contribution in [0.15, 0.2) is 22.7 Å². The fourth-order valence-corrected chi connectivity index (χ4v) is 2.45. The quantitative estimate of drug-likeness (QED) is 0.838. The smallest absolute Gasteiger partial charge is 0.127 e. The lowest BCUT2D eigenvalue weighted by Gasteiger charge is -2.30. The third-order valence-corrected chi connectivity index (χ3v) is 4.02. The van der Waals surface area contributed by atoms with Gasteiger partial charge in [-0.2, -0.15) is 0 Å². The second kappa shape index (κ2) is 6.82. The first-order valence-electron chi connectivity index (χ1n) is 6.67. The summed E-state index contributed by atoms with van der Waals surface area (Å²) in [6, 6.07) is 5.34. The van der Waals surface area contributed by atoms with E-state index < -0.39 is 0 Å². The third kappa shape index (κ3) is 4.55. The Morgan fingerprint density at radius 2 is 2.00 bits per heavy atom. The predicted molar refractivity (Wildman–Crippen MR) is 82.8 cm³/mol. The van der Waals surface area contributed by atoms with Gasteiger partial charge in [-0.05, 0) is 29.7 Å². The predicted octanol–water partition coefficient (Wildman–Crippen LogP) is 3.44. The standard InChI is InChI=1S/C15H24BrFN2/c1-10(2)14(8-18)19-9-15(3,4)12-7-11(16)5-6-13(12)17/h5-7,10,14,19H,8-9,18H2,1-4H3. The van der Waals surface area contributed by atoms with E-state index in [1.807, 2.05) is 19.9 Å². The molecule has 0 aliphatic carbocycles. The number of hydrogen-bond acceptors (Lipinski definition) is 2. The second-order valence-electron chi connectivity index (χ2n) is 5.98. The van der Waals surface area contributed by atoms with E-state index in [9.17, 15) is 4.39 Å². The van der Waals surface area contributed by atoms with Crippen molar-refractivity contribution in [3.8, 4) is 0 Å². The van der Waals surface area contributed by atoms with Gasteiger partial charge in [0.1, 0.15) is 5.82 Å². The number of nitrogens with one attached hydrogen (secondary N) is 1. The normalized spacial score (nSPS) is 13.9. The van der Waals surface area contributed by atoms with Crippen molar-refractivity contribution < 1.29 is 4.39 Å². The zero-order chi connectivity index (χ0) is 14.6. The molecule has 0 aromatic heterocycles. The fourth-order valence-electron chi connectivity index (χ4n) is 2.09. The molecule has 0 amide bonds. The molecule has 1 aromatic rings. The summed E-state index contributed by atoms with van der Waals surface area (Å²) < 4.78 is 14.9. The van der Waals surface area contributed by atoms with E-state index in [0.717, 1.165) is 4.47 Å². The molecule has 0 fully saturated rings. The zero-order valence-electron chi connectivity index (χ0n) is 12.1. The maximum atomic E-state index is 14.0. The minimum absolute atomic E-state index is 0.163. The van der Waals surface area contributed by atoms with Gasteiger partial charge in [0.2, 0.25) is 0 Å². The van der Waals surface area contributed by atoms with Crippen LogP contribution in [-0.2, 0) is 5.41 Å². The molecule has 0 saturated carbocycles. The van der Waals surface area contributed by atoms with E-state index in [-0.39, 0.29) is 17.3 Å². The van der Waals surface area contributed by atoms with Crippen molar-refractivity contribution in [1.82, 2.24) is 5.32 Å².